The summed E-state index contributed by atoms with van der Waals surface area (Å²) in [5.74, 6) is -0.246. The minimum atomic E-state index is -0.830. The molecule has 1 aromatic carbocycles. The van der Waals surface area contributed by atoms with Gasteiger partial charge in [-0.25, -0.2) is 0 Å². The van der Waals surface area contributed by atoms with E-state index in [2.05, 4.69) is 0 Å². The number of aliphatic hydroxyl groups excluding tert-OH is 1. The number of hydrogen-bond acceptors (Lipinski definition) is 3. The fraction of sp³-hybridized carbons (Fsp3) is 0.0909. The number of halogens is 1. The Kier molecular flexibility index (Phi) is 3.63. The summed E-state index contributed by atoms with van der Waals surface area (Å²) in [5, 5.41) is 16.1. The van der Waals surface area contributed by atoms with Gasteiger partial charge in [0.15, 0.2) is 0 Å². The fourth-order valence-corrected chi connectivity index (χ4v) is 1.40. The highest BCUT2D eigenvalue weighted by atomic mass is 35.5. The molecule has 15 heavy (non-hydrogen) atoms. The molecule has 3 nitrogen and oxygen atoms in total. The van der Waals surface area contributed by atoms with Gasteiger partial charge in [-0.15, -0.1) is 0 Å². The van der Waals surface area contributed by atoms with Crippen molar-refractivity contribution in [3.63, 3.8) is 0 Å². The summed E-state index contributed by atoms with van der Waals surface area (Å²) in [7, 11) is 0. The molecule has 0 amide bonds. The van der Waals surface area contributed by atoms with Crippen LogP contribution in [-0.4, -0.2) is 16.1 Å². The van der Waals surface area contributed by atoms with Gasteiger partial charge in [-0.2, -0.15) is 0 Å². The van der Waals surface area contributed by atoms with Crippen molar-refractivity contribution in [3.05, 3.63) is 47.2 Å². The Hall–Kier alpha value is -1.61. The van der Waals surface area contributed by atoms with Crippen molar-refractivity contribution in [3.8, 4) is 0 Å². The molecule has 0 radical (unpaired) electrons. The summed E-state index contributed by atoms with van der Waals surface area (Å²) in [6, 6.07) is 8.63. The van der Waals surface area contributed by atoms with E-state index in [1.807, 2.05) is 0 Å². The van der Waals surface area contributed by atoms with Crippen molar-refractivity contribution in [1.82, 2.24) is 0 Å². The van der Waals surface area contributed by atoms with Crippen molar-refractivity contribution in [2.75, 3.05) is 0 Å². The van der Waals surface area contributed by atoms with E-state index in [-0.39, 0.29) is 17.0 Å². The van der Waals surface area contributed by atoms with Gasteiger partial charge in [0, 0.05) is 5.56 Å². The maximum Gasteiger partial charge on any atom is 0.257 e. The van der Waals surface area contributed by atoms with Crippen LogP contribution in [0.3, 0.4) is 0 Å². The number of aliphatic hydroxyl groups is 1. The monoisotopic (exact) mass is 223 g/mol. The number of nitrogens with one attached hydrogen (secondary N) is 1. The average molecular weight is 224 g/mol. The molecule has 0 bridgehead atoms. The topological polar surface area (TPSA) is 61.1 Å². The van der Waals surface area contributed by atoms with E-state index in [0.29, 0.717) is 5.56 Å². The smallest absolute Gasteiger partial charge is 0.257 e. The van der Waals surface area contributed by atoms with Crippen LogP contribution in [0.25, 0.3) is 0 Å². The molecule has 1 aromatic rings. The molecule has 0 aliphatic heterocycles. The average Bonchev–Trinajstić information content (AvgIpc) is 2.18. The van der Waals surface area contributed by atoms with Gasteiger partial charge < -0.3 is 5.11 Å². The fourth-order valence-electron chi connectivity index (χ4n) is 1.17. The minimum absolute atomic E-state index is 0.0735. The van der Waals surface area contributed by atoms with Gasteiger partial charge in [-0.1, -0.05) is 30.3 Å². The number of hydrogen-bond donors (Lipinski definition) is 2. The predicted molar refractivity (Wildman–Crippen MR) is 59.5 cm³/mol. The number of benzene rings is 1. The number of rotatable bonds is 3. The third-order valence-electron chi connectivity index (χ3n) is 1.87. The Morgan fingerprint density at radius 2 is 1.87 bits per heavy atom. The van der Waals surface area contributed by atoms with Crippen LogP contribution in [0.1, 0.15) is 12.5 Å². The molecule has 0 fully saturated rings. The van der Waals surface area contributed by atoms with Gasteiger partial charge in [-0.3, -0.25) is 10.2 Å². The van der Waals surface area contributed by atoms with Gasteiger partial charge in [0.25, 0.3) is 5.24 Å². The largest absolute Gasteiger partial charge is 0.512 e. The van der Waals surface area contributed by atoms with Crippen LogP contribution in [0.4, 0.5) is 0 Å². The second kappa shape index (κ2) is 4.75. The zero-order chi connectivity index (χ0) is 11.4. The first-order chi connectivity index (χ1) is 7.04. The second-order valence-electron chi connectivity index (χ2n) is 2.98. The van der Waals surface area contributed by atoms with Gasteiger partial charge >= 0.3 is 0 Å². The Labute approximate surface area is 92.5 Å². The molecule has 0 atom stereocenters. The normalized spacial score (nSPS) is 11.9. The van der Waals surface area contributed by atoms with Crippen molar-refractivity contribution < 1.29 is 9.90 Å². The lowest BCUT2D eigenvalue weighted by Gasteiger charge is -2.05. The summed E-state index contributed by atoms with van der Waals surface area (Å²) in [4.78, 5) is 11.0. The molecule has 0 unspecified atom stereocenters. The highest BCUT2D eigenvalue weighted by Gasteiger charge is 2.17. The second-order valence-corrected chi connectivity index (χ2v) is 3.32. The molecule has 0 saturated carbocycles. The van der Waals surface area contributed by atoms with Crippen molar-refractivity contribution in [2.45, 2.75) is 6.92 Å². The lowest BCUT2D eigenvalue weighted by atomic mass is 10.0. The van der Waals surface area contributed by atoms with Crippen LogP contribution in [-0.2, 0) is 4.79 Å². The number of allylic oxidation sites excluding steroid dienone is 2. The SMILES string of the molecule is C/C(O)=C(/C(=N)c1ccccc1)C(=O)Cl. The highest BCUT2D eigenvalue weighted by molar-refractivity contribution is 6.71. The van der Waals surface area contributed by atoms with Crippen LogP contribution < -0.4 is 0 Å². The maximum atomic E-state index is 11.0. The molecule has 0 aliphatic carbocycles. The van der Waals surface area contributed by atoms with E-state index in [9.17, 15) is 9.90 Å². The summed E-state index contributed by atoms with van der Waals surface area (Å²) in [5.41, 5.74) is 0.299. The lowest BCUT2D eigenvalue weighted by Crippen LogP contribution is -2.11. The molecule has 0 spiro atoms. The van der Waals surface area contributed by atoms with Crippen LogP contribution in [0.15, 0.2) is 41.7 Å². The number of carbonyl (C=O) groups is 1. The van der Waals surface area contributed by atoms with Crippen LogP contribution in [0, 0.1) is 5.41 Å². The third-order valence-corrected chi connectivity index (χ3v) is 2.06. The van der Waals surface area contributed by atoms with E-state index < -0.39 is 5.24 Å². The Balaban J connectivity index is 3.15. The molecule has 1 rings (SSSR count). The molecule has 0 aliphatic rings. The van der Waals surface area contributed by atoms with Crippen molar-refractivity contribution in [2.24, 2.45) is 0 Å². The maximum absolute atomic E-state index is 11.0. The van der Waals surface area contributed by atoms with Gasteiger partial charge in [0.05, 0.1) is 11.3 Å². The predicted octanol–water partition coefficient (Wildman–Crippen LogP) is 2.65. The molecular weight excluding hydrogens is 214 g/mol. The summed E-state index contributed by atoms with van der Waals surface area (Å²) < 4.78 is 0. The first-order valence-electron chi connectivity index (χ1n) is 4.28. The van der Waals surface area contributed by atoms with Gasteiger partial charge in [-0.05, 0) is 18.5 Å². The third kappa shape index (κ3) is 2.67. The summed E-state index contributed by atoms with van der Waals surface area (Å²) in [6.45, 7) is 1.33. The lowest BCUT2D eigenvalue weighted by molar-refractivity contribution is -0.108. The number of carbonyl (C=O) groups excluding carboxylic acids is 1. The van der Waals surface area contributed by atoms with Crippen LogP contribution in [0.5, 0.6) is 0 Å². The molecule has 4 heteroatoms. The zero-order valence-corrected chi connectivity index (χ0v) is 8.88. The van der Waals surface area contributed by atoms with E-state index in [0.717, 1.165) is 0 Å². The van der Waals surface area contributed by atoms with E-state index in [1.165, 1.54) is 6.92 Å². The molecule has 0 heterocycles. The van der Waals surface area contributed by atoms with Crippen LogP contribution in [0.2, 0.25) is 0 Å². The molecular formula is C11H10ClNO2. The molecule has 78 valence electrons. The summed E-state index contributed by atoms with van der Waals surface area (Å²) in [6.07, 6.45) is 0. The Morgan fingerprint density at radius 1 is 1.33 bits per heavy atom. The van der Waals surface area contributed by atoms with E-state index in [4.69, 9.17) is 17.0 Å². The van der Waals surface area contributed by atoms with E-state index >= 15 is 0 Å². The Morgan fingerprint density at radius 3 is 2.27 bits per heavy atom. The minimum Gasteiger partial charge on any atom is -0.512 e. The van der Waals surface area contributed by atoms with Crippen LogP contribution >= 0.6 is 11.6 Å². The first-order valence-corrected chi connectivity index (χ1v) is 4.66. The quantitative estimate of drug-likeness (QED) is 0.358. The zero-order valence-electron chi connectivity index (χ0n) is 8.12. The van der Waals surface area contributed by atoms with Gasteiger partial charge in [0.1, 0.15) is 5.76 Å². The molecule has 2 N–H and O–H groups in total. The highest BCUT2D eigenvalue weighted by Crippen LogP contribution is 2.13. The van der Waals surface area contributed by atoms with Crippen molar-refractivity contribution in [1.29, 1.82) is 5.41 Å². The molecule has 0 aromatic heterocycles. The summed E-state index contributed by atoms with van der Waals surface area (Å²) >= 11 is 5.29. The van der Waals surface area contributed by atoms with E-state index in [1.54, 1.807) is 30.3 Å². The standard InChI is InChI=1S/C11H10ClNO2/c1-7(14)9(11(12)15)10(13)8-5-3-2-4-6-8/h2-6,13-14H,1H3/b9-7+,13-10?. The van der Waals surface area contributed by atoms with Gasteiger partial charge in [0.2, 0.25) is 0 Å². The van der Waals surface area contributed by atoms with Crippen molar-refractivity contribution >= 4 is 22.6 Å². The Bertz CT molecular complexity index is 419. The molecule has 0 saturated heterocycles. The first kappa shape index (κ1) is 11.5.